The van der Waals surface area contributed by atoms with Crippen LogP contribution in [0.15, 0.2) is 54.2 Å². The molecule has 0 radical (unpaired) electrons. The molecule has 0 aromatic heterocycles. The van der Waals surface area contributed by atoms with Gasteiger partial charge in [0.2, 0.25) is 0 Å². The maximum Gasteiger partial charge on any atom is 0.278 e. The molecule has 0 spiro atoms. The molecule has 6 heteroatoms. The molecule has 1 saturated heterocycles. The normalized spacial score (nSPS) is 20.0. The smallest absolute Gasteiger partial charge is 0.278 e. The van der Waals surface area contributed by atoms with Gasteiger partial charge < -0.3 is 4.90 Å². The van der Waals surface area contributed by atoms with Crippen LogP contribution < -0.4 is 0 Å². The first-order chi connectivity index (χ1) is 14.0. The second-order valence-electron chi connectivity index (χ2n) is 7.71. The lowest BCUT2D eigenvalue weighted by atomic mass is 9.98. The summed E-state index contributed by atoms with van der Waals surface area (Å²) in [6.07, 6.45) is 1.99. The molecule has 1 atom stereocenters. The Kier molecular flexibility index (Phi) is 5.18. The Labute approximate surface area is 168 Å². The van der Waals surface area contributed by atoms with E-state index in [0.717, 1.165) is 17.7 Å². The average molecular weight is 396 g/mol. The molecule has 0 bridgehead atoms. The van der Waals surface area contributed by atoms with Crippen LogP contribution in [0, 0.1) is 17.6 Å². The Morgan fingerprint density at radius 1 is 1.00 bits per heavy atom. The Balaban J connectivity index is 1.75. The van der Waals surface area contributed by atoms with E-state index in [9.17, 15) is 18.4 Å². The maximum absolute atomic E-state index is 14.1. The Morgan fingerprint density at radius 2 is 1.72 bits per heavy atom. The first-order valence-electron chi connectivity index (χ1n) is 9.80. The molecule has 2 aromatic rings. The van der Waals surface area contributed by atoms with Crippen molar-refractivity contribution in [3.63, 3.8) is 0 Å². The number of rotatable bonds is 4. The molecule has 4 rings (SSSR count). The number of likely N-dealkylation sites (tertiary alicyclic amines) is 1. The summed E-state index contributed by atoms with van der Waals surface area (Å²) in [5.74, 6) is -1.38. The molecule has 1 fully saturated rings. The molecule has 2 heterocycles. The quantitative estimate of drug-likeness (QED) is 0.734. The number of imide groups is 1. The summed E-state index contributed by atoms with van der Waals surface area (Å²) in [5, 5.41) is 0. The second kappa shape index (κ2) is 7.78. The van der Waals surface area contributed by atoms with Crippen molar-refractivity contribution in [1.82, 2.24) is 9.80 Å². The van der Waals surface area contributed by atoms with Gasteiger partial charge in [-0.2, -0.15) is 0 Å². The Morgan fingerprint density at radius 3 is 2.41 bits per heavy atom. The van der Waals surface area contributed by atoms with Crippen LogP contribution in [-0.2, 0) is 16.1 Å². The summed E-state index contributed by atoms with van der Waals surface area (Å²) in [4.78, 5) is 29.6. The molecule has 4 nitrogen and oxygen atoms in total. The summed E-state index contributed by atoms with van der Waals surface area (Å²) < 4.78 is 27.6. The van der Waals surface area contributed by atoms with Crippen LogP contribution in [0.4, 0.5) is 8.78 Å². The molecule has 2 amide bonds. The highest BCUT2D eigenvalue weighted by Gasteiger charge is 2.42. The molecule has 2 aromatic carbocycles. The highest BCUT2D eigenvalue weighted by atomic mass is 19.1. The van der Waals surface area contributed by atoms with Gasteiger partial charge in [0.25, 0.3) is 11.8 Å². The zero-order chi connectivity index (χ0) is 20.5. The number of hydrogen-bond donors (Lipinski definition) is 0. The SMILES string of the molecule is CC1CCCN(C2=C(c3ccc(F)cc3)C(=O)N(Cc3ccccc3F)C2=O)C1. The van der Waals surface area contributed by atoms with E-state index in [0.29, 0.717) is 30.3 Å². The fourth-order valence-electron chi connectivity index (χ4n) is 4.07. The van der Waals surface area contributed by atoms with Gasteiger partial charge in [-0.3, -0.25) is 14.5 Å². The van der Waals surface area contributed by atoms with Crippen LogP contribution in [-0.4, -0.2) is 34.7 Å². The van der Waals surface area contributed by atoms with Crippen LogP contribution in [0.1, 0.15) is 30.9 Å². The molecule has 2 aliphatic rings. The van der Waals surface area contributed by atoms with Gasteiger partial charge in [-0.1, -0.05) is 37.3 Å². The topological polar surface area (TPSA) is 40.6 Å². The third-order valence-electron chi connectivity index (χ3n) is 5.54. The minimum atomic E-state index is -0.474. The number of hydrogen-bond acceptors (Lipinski definition) is 3. The largest absolute Gasteiger partial charge is 0.366 e. The van der Waals surface area contributed by atoms with Crippen molar-refractivity contribution in [2.75, 3.05) is 13.1 Å². The van der Waals surface area contributed by atoms with Gasteiger partial charge in [-0.15, -0.1) is 0 Å². The third kappa shape index (κ3) is 3.67. The number of amides is 2. The van der Waals surface area contributed by atoms with E-state index in [4.69, 9.17) is 0 Å². The lowest BCUT2D eigenvalue weighted by molar-refractivity contribution is -0.138. The monoisotopic (exact) mass is 396 g/mol. The van der Waals surface area contributed by atoms with Gasteiger partial charge in [0, 0.05) is 18.7 Å². The summed E-state index contributed by atoms with van der Waals surface area (Å²) in [6.45, 7) is 3.33. The fourth-order valence-corrected chi connectivity index (χ4v) is 4.07. The lowest BCUT2D eigenvalue weighted by Crippen LogP contribution is -2.39. The molecule has 2 aliphatic heterocycles. The van der Waals surface area contributed by atoms with Crippen LogP contribution in [0.2, 0.25) is 0 Å². The van der Waals surface area contributed by atoms with Crippen LogP contribution in [0.5, 0.6) is 0 Å². The van der Waals surface area contributed by atoms with Crippen molar-refractivity contribution in [3.8, 4) is 0 Å². The van der Waals surface area contributed by atoms with Crippen molar-refractivity contribution in [3.05, 3.63) is 77.0 Å². The summed E-state index contributed by atoms with van der Waals surface area (Å²) >= 11 is 0. The number of piperidine rings is 1. The number of benzene rings is 2. The molecular weight excluding hydrogens is 374 g/mol. The van der Waals surface area contributed by atoms with Crippen molar-refractivity contribution in [2.24, 2.45) is 5.92 Å². The van der Waals surface area contributed by atoms with E-state index in [1.807, 2.05) is 4.90 Å². The molecular formula is C23H22F2N2O2. The number of halogens is 2. The molecule has 0 saturated carbocycles. The maximum atomic E-state index is 14.1. The van der Waals surface area contributed by atoms with Crippen molar-refractivity contribution in [1.29, 1.82) is 0 Å². The van der Waals surface area contributed by atoms with E-state index >= 15 is 0 Å². The molecule has 1 unspecified atom stereocenters. The second-order valence-corrected chi connectivity index (χ2v) is 7.71. The Hall–Kier alpha value is -3.02. The standard InChI is InChI=1S/C23H22F2N2O2/c1-15-5-4-12-26(13-15)21-20(16-8-10-18(24)11-9-16)22(28)27(23(21)29)14-17-6-2-3-7-19(17)25/h2-3,6-11,15H,4-5,12-14H2,1H3. The first kappa shape index (κ1) is 19.3. The van der Waals surface area contributed by atoms with E-state index < -0.39 is 23.4 Å². The van der Waals surface area contributed by atoms with Crippen molar-refractivity contribution >= 4 is 17.4 Å². The van der Waals surface area contributed by atoms with E-state index in [-0.39, 0.29) is 17.7 Å². The summed E-state index contributed by atoms with van der Waals surface area (Å²) in [6, 6.07) is 11.7. The van der Waals surface area contributed by atoms with Gasteiger partial charge in [-0.05, 0) is 42.5 Å². The number of carbonyl (C=O) groups excluding carboxylic acids is 2. The van der Waals surface area contributed by atoms with Crippen LogP contribution in [0.3, 0.4) is 0 Å². The first-order valence-corrected chi connectivity index (χ1v) is 9.80. The van der Waals surface area contributed by atoms with Crippen LogP contribution in [0.25, 0.3) is 5.57 Å². The highest BCUT2D eigenvalue weighted by molar-refractivity contribution is 6.35. The van der Waals surface area contributed by atoms with Gasteiger partial charge >= 0.3 is 0 Å². The van der Waals surface area contributed by atoms with Gasteiger partial charge in [0.15, 0.2) is 0 Å². The van der Waals surface area contributed by atoms with E-state index in [1.54, 1.807) is 18.2 Å². The highest BCUT2D eigenvalue weighted by Crippen LogP contribution is 2.35. The minimum absolute atomic E-state index is 0.137. The predicted molar refractivity (Wildman–Crippen MR) is 105 cm³/mol. The summed E-state index contributed by atoms with van der Waals surface area (Å²) in [5.41, 5.74) is 1.37. The lowest BCUT2D eigenvalue weighted by Gasteiger charge is -2.33. The van der Waals surface area contributed by atoms with E-state index in [1.165, 1.54) is 30.3 Å². The van der Waals surface area contributed by atoms with Gasteiger partial charge in [0.05, 0.1) is 12.1 Å². The molecule has 150 valence electrons. The average Bonchev–Trinajstić information content (AvgIpc) is 2.95. The third-order valence-corrected chi connectivity index (χ3v) is 5.54. The van der Waals surface area contributed by atoms with Crippen LogP contribution >= 0.6 is 0 Å². The molecule has 0 aliphatic carbocycles. The number of nitrogens with zero attached hydrogens (tertiary/aromatic N) is 2. The van der Waals surface area contributed by atoms with Gasteiger partial charge in [-0.25, -0.2) is 8.78 Å². The summed E-state index contributed by atoms with van der Waals surface area (Å²) in [7, 11) is 0. The van der Waals surface area contributed by atoms with E-state index in [2.05, 4.69) is 6.92 Å². The fraction of sp³-hybridized carbons (Fsp3) is 0.304. The number of carbonyl (C=O) groups is 2. The van der Waals surface area contributed by atoms with Crippen molar-refractivity contribution < 1.29 is 18.4 Å². The van der Waals surface area contributed by atoms with Crippen molar-refractivity contribution in [2.45, 2.75) is 26.3 Å². The minimum Gasteiger partial charge on any atom is -0.366 e. The molecule has 29 heavy (non-hydrogen) atoms. The van der Waals surface area contributed by atoms with Gasteiger partial charge in [0.1, 0.15) is 17.3 Å². The zero-order valence-corrected chi connectivity index (χ0v) is 16.2. The Bertz CT molecular complexity index is 985. The molecule has 0 N–H and O–H groups in total. The zero-order valence-electron chi connectivity index (χ0n) is 16.2. The predicted octanol–water partition coefficient (Wildman–Crippen LogP) is 3.98.